The van der Waals surface area contributed by atoms with E-state index in [9.17, 15) is 4.79 Å². The van der Waals surface area contributed by atoms with Crippen LogP contribution in [0.2, 0.25) is 0 Å². The van der Waals surface area contributed by atoms with Crippen LogP contribution in [0.1, 0.15) is 35.7 Å². The first-order chi connectivity index (χ1) is 14.0. The number of hydrogen-bond donors (Lipinski definition) is 0. The summed E-state index contributed by atoms with van der Waals surface area (Å²) in [5, 5.41) is 3.04. The number of amides is 1. The average molecular weight is 407 g/mol. The van der Waals surface area contributed by atoms with Crippen molar-refractivity contribution in [3.05, 3.63) is 87.9 Å². The summed E-state index contributed by atoms with van der Waals surface area (Å²) in [6.45, 7) is 7.08. The third-order valence-corrected chi connectivity index (χ3v) is 5.25. The Hall–Kier alpha value is -2.92. The molecule has 1 heterocycles. The predicted octanol–water partition coefficient (Wildman–Crippen LogP) is 5.48. The van der Waals surface area contributed by atoms with Crippen molar-refractivity contribution in [3.63, 3.8) is 0 Å². The lowest BCUT2D eigenvalue weighted by Crippen LogP contribution is -2.35. The third-order valence-electron chi connectivity index (χ3n) is 4.43. The molecule has 150 valence electrons. The Labute approximate surface area is 176 Å². The Morgan fingerprint density at radius 2 is 1.97 bits per heavy atom. The molecule has 5 heteroatoms. The second-order valence-corrected chi connectivity index (χ2v) is 8.16. The summed E-state index contributed by atoms with van der Waals surface area (Å²) in [6, 6.07) is 17.9. The number of thiazole rings is 1. The van der Waals surface area contributed by atoms with Gasteiger partial charge in [0.25, 0.3) is 0 Å². The Morgan fingerprint density at radius 1 is 1.17 bits per heavy atom. The van der Waals surface area contributed by atoms with Crippen molar-refractivity contribution in [2.24, 2.45) is 0 Å². The predicted molar refractivity (Wildman–Crippen MR) is 119 cm³/mol. The quantitative estimate of drug-likeness (QED) is 0.465. The zero-order chi connectivity index (χ0) is 20.6. The summed E-state index contributed by atoms with van der Waals surface area (Å²) in [5.74, 6) is 0.753. The van der Waals surface area contributed by atoms with Crippen molar-refractivity contribution < 1.29 is 9.53 Å². The lowest BCUT2D eigenvalue weighted by atomic mass is 10.1. The molecule has 0 bridgehead atoms. The van der Waals surface area contributed by atoms with Gasteiger partial charge >= 0.3 is 0 Å². The second kappa shape index (κ2) is 10.0. The van der Waals surface area contributed by atoms with Crippen molar-refractivity contribution >= 4 is 23.3 Å². The van der Waals surface area contributed by atoms with Crippen LogP contribution >= 0.6 is 11.3 Å². The molecule has 29 heavy (non-hydrogen) atoms. The molecule has 0 unspecified atom stereocenters. The maximum Gasteiger partial charge on any atom is 0.247 e. The Morgan fingerprint density at radius 3 is 2.66 bits per heavy atom. The summed E-state index contributed by atoms with van der Waals surface area (Å²) in [4.78, 5) is 19.0. The van der Waals surface area contributed by atoms with Crippen LogP contribution in [0.15, 0.2) is 66.1 Å². The van der Waals surface area contributed by atoms with Gasteiger partial charge in [0.15, 0.2) is 0 Å². The van der Waals surface area contributed by atoms with Crippen LogP contribution in [0.3, 0.4) is 0 Å². The van der Waals surface area contributed by atoms with E-state index in [1.54, 1.807) is 17.4 Å². The van der Waals surface area contributed by atoms with E-state index >= 15 is 0 Å². The molecule has 0 aliphatic rings. The Bertz CT molecular complexity index is 964. The summed E-state index contributed by atoms with van der Waals surface area (Å²) in [7, 11) is 0. The summed E-state index contributed by atoms with van der Waals surface area (Å²) < 4.78 is 5.83. The molecular weight excluding hydrogens is 380 g/mol. The first-order valence-corrected chi connectivity index (χ1v) is 10.6. The minimum atomic E-state index is -0.00637. The topological polar surface area (TPSA) is 42.4 Å². The monoisotopic (exact) mass is 406 g/mol. The molecule has 0 aliphatic heterocycles. The molecule has 1 aromatic heterocycles. The van der Waals surface area contributed by atoms with Gasteiger partial charge in [-0.25, -0.2) is 4.98 Å². The number of ether oxygens (including phenoxy) is 1. The molecule has 0 radical (unpaired) electrons. The van der Waals surface area contributed by atoms with E-state index in [1.165, 1.54) is 0 Å². The van der Waals surface area contributed by atoms with Gasteiger partial charge in [0, 0.05) is 24.0 Å². The van der Waals surface area contributed by atoms with Gasteiger partial charge in [-0.1, -0.05) is 42.5 Å². The van der Waals surface area contributed by atoms with Crippen LogP contribution in [0.5, 0.6) is 5.75 Å². The SMILES string of the molecule is Cc1nc(COc2cccc(/C=C/C(=O)N(Cc3ccccc3)C(C)C)c2)cs1. The van der Waals surface area contributed by atoms with Crippen LogP contribution in [0.4, 0.5) is 0 Å². The van der Waals surface area contributed by atoms with Crippen LogP contribution in [0, 0.1) is 6.92 Å². The maximum atomic E-state index is 12.8. The van der Waals surface area contributed by atoms with Crippen molar-refractivity contribution in [1.82, 2.24) is 9.88 Å². The van der Waals surface area contributed by atoms with Gasteiger partial charge in [0.2, 0.25) is 5.91 Å². The lowest BCUT2D eigenvalue weighted by Gasteiger charge is -2.25. The summed E-state index contributed by atoms with van der Waals surface area (Å²) >= 11 is 1.61. The number of rotatable bonds is 8. The molecule has 2 aromatic carbocycles. The van der Waals surface area contributed by atoms with Gasteiger partial charge in [-0.05, 0) is 50.1 Å². The molecule has 0 N–H and O–H groups in total. The maximum absolute atomic E-state index is 12.8. The van der Waals surface area contributed by atoms with Gasteiger partial charge in [0.05, 0.1) is 10.7 Å². The Balaban J connectivity index is 1.63. The average Bonchev–Trinajstić information content (AvgIpc) is 3.15. The smallest absolute Gasteiger partial charge is 0.247 e. The van der Waals surface area contributed by atoms with Gasteiger partial charge in [-0.3, -0.25) is 4.79 Å². The first kappa shape index (κ1) is 20.8. The standard InChI is InChI=1S/C24H26N2O2S/c1-18(2)26(15-21-8-5-4-6-9-21)24(27)13-12-20-10-7-11-23(14-20)28-16-22-17-29-19(3)25-22/h4-14,17-18H,15-16H2,1-3H3/b13-12+. The molecule has 0 saturated carbocycles. The van der Waals surface area contributed by atoms with E-state index in [1.807, 2.05) is 91.7 Å². The van der Waals surface area contributed by atoms with E-state index in [-0.39, 0.29) is 11.9 Å². The molecule has 0 fully saturated rings. The molecule has 0 saturated heterocycles. The van der Waals surface area contributed by atoms with E-state index < -0.39 is 0 Å². The highest BCUT2D eigenvalue weighted by Crippen LogP contribution is 2.18. The van der Waals surface area contributed by atoms with E-state index in [4.69, 9.17) is 4.74 Å². The van der Waals surface area contributed by atoms with E-state index in [0.29, 0.717) is 13.2 Å². The second-order valence-electron chi connectivity index (χ2n) is 7.10. The number of aromatic nitrogens is 1. The molecule has 0 aliphatic carbocycles. The fourth-order valence-electron chi connectivity index (χ4n) is 2.90. The van der Waals surface area contributed by atoms with Gasteiger partial charge < -0.3 is 9.64 Å². The summed E-state index contributed by atoms with van der Waals surface area (Å²) in [6.07, 6.45) is 3.47. The minimum absolute atomic E-state index is 0.00637. The van der Waals surface area contributed by atoms with E-state index in [2.05, 4.69) is 4.98 Å². The Kier molecular flexibility index (Phi) is 7.19. The van der Waals surface area contributed by atoms with Crippen LogP contribution < -0.4 is 4.74 Å². The van der Waals surface area contributed by atoms with Crippen molar-refractivity contribution in [3.8, 4) is 5.75 Å². The molecule has 3 rings (SSSR count). The zero-order valence-corrected chi connectivity index (χ0v) is 17.9. The summed E-state index contributed by atoms with van der Waals surface area (Å²) in [5.41, 5.74) is 2.97. The molecule has 0 atom stereocenters. The van der Waals surface area contributed by atoms with E-state index in [0.717, 1.165) is 27.6 Å². The lowest BCUT2D eigenvalue weighted by molar-refractivity contribution is -0.128. The number of nitrogens with zero attached hydrogens (tertiary/aromatic N) is 2. The number of aryl methyl sites for hydroxylation is 1. The number of benzene rings is 2. The fraction of sp³-hybridized carbons (Fsp3) is 0.250. The highest BCUT2D eigenvalue weighted by molar-refractivity contribution is 7.09. The molecule has 1 amide bonds. The molecule has 3 aromatic rings. The number of carbonyl (C=O) groups is 1. The molecule has 4 nitrogen and oxygen atoms in total. The highest BCUT2D eigenvalue weighted by Gasteiger charge is 2.14. The fourth-order valence-corrected chi connectivity index (χ4v) is 3.50. The highest BCUT2D eigenvalue weighted by atomic mass is 32.1. The van der Waals surface area contributed by atoms with Gasteiger partial charge in [-0.2, -0.15) is 0 Å². The zero-order valence-electron chi connectivity index (χ0n) is 17.0. The van der Waals surface area contributed by atoms with Crippen LogP contribution in [-0.2, 0) is 17.9 Å². The van der Waals surface area contributed by atoms with Crippen LogP contribution in [0.25, 0.3) is 6.08 Å². The van der Waals surface area contributed by atoms with Crippen molar-refractivity contribution in [1.29, 1.82) is 0 Å². The number of hydrogen-bond acceptors (Lipinski definition) is 4. The van der Waals surface area contributed by atoms with Gasteiger partial charge in [-0.15, -0.1) is 11.3 Å². The normalized spacial score (nSPS) is 11.2. The van der Waals surface area contributed by atoms with Crippen LogP contribution in [-0.4, -0.2) is 21.8 Å². The molecule has 0 spiro atoms. The minimum Gasteiger partial charge on any atom is -0.487 e. The first-order valence-electron chi connectivity index (χ1n) is 9.68. The largest absolute Gasteiger partial charge is 0.487 e. The van der Waals surface area contributed by atoms with Gasteiger partial charge in [0.1, 0.15) is 12.4 Å². The van der Waals surface area contributed by atoms with Crippen molar-refractivity contribution in [2.75, 3.05) is 0 Å². The number of carbonyl (C=O) groups excluding carboxylic acids is 1. The third kappa shape index (κ3) is 6.29. The van der Waals surface area contributed by atoms with Crippen molar-refractivity contribution in [2.45, 2.75) is 40.0 Å². The molecular formula is C24H26N2O2S.